The minimum absolute atomic E-state index is 0.0612. The molecule has 0 saturated carbocycles. The highest BCUT2D eigenvalue weighted by Gasteiger charge is 2.37. The average Bonchev–Trinajstić information content (AvgIpc) is 3.03. The van der Waals surface area contributed by atoms with Gasteiger partial charge in [0, 0.05) is 26.2 Å². The number of pyridine rings is 1. The molecule has 7 heteroatoms. The van der Waals surface area contributed by atoms with Gasteiger partial charge in [-0.05, 0) is 43.3 Å². The van der Waals surface area contributed by atoms with Crippen LogP contribution in [0.4, 0.5) is 14.6 Å². The Bertz CT molecular complexity index is 727. The third-order valence-corrected chi connectivity index (χ3v) is 4.65. The van der Waals surface area contributed by atoms with Crippen LogP contribution in [-0.4, -0.2) is 60.6 Å². The Hall–Kier alpha value is -2.25. The number of rotatable bonds is 8. The molecule has 2 heterocycles. The molecule has 1 saturated heterocycles. The van der Waals surface area contributed by atoms with Gasteiger partial charge in [0.05, 0.1) is 11.8 Å². The summed E-state index contributed by atoms with van der Waals surface area (Å²) in [7, 11) is 1.96. The fourth-order valence-electron chi connectivity index (χ4n) is 3.45. The maximum absolute atomic E-state index is 13.0. The summed E-state index contributed by atoms with van der Waals surface area (Å²) in [6, 6.07) is 10.6. The highest BCUT2D eigenvalue weighted by atomic mass is 19.1. The second-order valence-corrected chi connectivity index (χ2v) is 7.08. The summed E-state index contributed by atoms with van der Waals surface area (Å²) in [6.07, 6.45) is 1.83. The third kappa shape index (κ3) is 5.37. The molecule has 0 bridgehead atoms. The predicted octanol–water partition coefficient (Wildman–Crippen LogP) is 2.64. The molecule has 0 aliphatic carbocycles. The van der Waals surface area contributed by atoms with E-state index in [1.165, 1.54) is 12.3 Å². The molecule has 1 aromatic carbocycles. The van der Waals surface area contributed by atoms with Gasteiger partial charge >= 0.3 is 0 Å². The lowest BCUT2D eigenvalue weighted by Gasteiger charge is -2.29. The summed E-state index contributed by atoms with van der Waals surface area (Å²) in [6.45, 7) is 1.90. The van der Waals surface area contributed by atoms with E-state index in [1.807, 2.05) is 36.2 Å². The molecule has 0 spiro atoms. The number of aromatic nitrogens is 1. The van der Waals surface area contributed by atoms with Crippen molar-refractivity contribution in [3.63, 3.8) is 0 Å². The summed E-state index contributed by atoms with van der Waals surface area (Å²) in [4.78, 5) is 8.14. The van der Waals surface area contributed by atoms with Crippen molar-refractivity contribution >= 4 is 5.82 Å². The number of hydrogen-bond donors (Lipinski definition) is 1. The van der Waals surface area contributed by atoms with E-state index in [-0.39, 0.29) is 12.4 Å². The highest BCUT2D eigenvalue weighted by Crippen LogP contribution is 2.26. The lowest BCUT2D eigenvalue weighted by Crippen LogP contribution is -2.43. The Kier molecular flexibility index (Phi) is 6.23. The van der Waals surface area contributed by atoms with Crippen LogP contribution in [0.1, 0.15) is 12.0 Å². The van der Waals surface area contributed by atoms with E-state index in [2.05, 4.69) is 9.88 Å². The maximum atomic E-state index is 13.0. The molecule has 1 N–H and O–H groups in total. The van der Waals surface area contributed by atoms with Gasteiger partial charge in [0.2, 0.25) is 0 Å². The first-order chi connectivity index (χ1) is 13.0. The zero-order chi connectivity index (χ0) is 19.3. The lowest BCUT2D eigenvalue weighted by atomic mass is 10.0. The van der Waals surface area contributed by atoms with Crippen LogP contribution < -0.4 is 9.64 Å². The first kappa shape index (κ1) is 19.5. The minimum atomic E-state index is -0.838. The summed E-state index contributed by atoms with van der Waals surface area (Å²) in [5.41, 5.74) is 0.249. The molecule has 3 rings (SSSR count). The van der Waals surface area contributed by atoms with E-state index in [0.29, 0.717) is 44.2 Å². The van der Waals surface area contributed by atoms with Crippen molar-refractivity contribution in [1.29, 1.82) is 0 Å². The molecule has 1 aliphatic rings. The Labute approximate surface area is 158 Å². The first-order valence-electron chi connectivity index (χ1n) is 9.03. The largest absolute Gasteiger partial charge is 0.491 e. The lowest BCUT2D eigenvalue weighted by molar-refractivity contribution is 0.0279. The van der Waals surface area contributed by atoms with E-state index in [9.17, 15) is 13.9 Å². The molecule has 1 atom stereocenters. The number of halogens is 2. The van der Waals surface area contributed by atoms with Crippen LogP contribution in [0.2, 0.25) is 0 Å². The molecular formula is C20H25F2N3O2. The first-order valence-corrected chi connectivity index (χ1v) is 9.03. The molecule has 0 amide bonds. The van der Waals surface area contributed by atoms with Gasteiger partial charge in [0.15, 0.2) is 0 Å². The SMILES string of the molecule is CN(Cc1ccc(OCCF)cc1)CC1(O)CCN(c2ccc(F)cn2)C1. The predicted molar refractivity (Wildman–Crippen MR) is 100 cm³/mol. The zero-order valence-corrected chi connectivity index (χ0v) is 15.4. The van der Waals surface area contributed by atoms with Gasteiger partial charge in [-0.25, -0.2) is 13.8 Å². The number of anilines is 1. The van der Waals surface area contributed by atoms with Crippen molar-refractivity contribution in [1.82, 2.24) is 9.88 Å². The number of alkyl halides is 1. The van der Waals surface area contributed by atoms with Gasteiger partial charge in [0.1, 0.15) is 30.7 Å². The van der Waals surface area contributed by atoms with Crippen LogP contribution in [0.15, 0.2) is 42.6 Å². The van der Waals surface area contributed by atoms with E-state index in [4.69, 9.17) is 4.74 Å². The minimum Gasteiger partial charge on any atom is -0.491 e. The van der Waals surface area contributed by atoms with Gasteiger partial charge in [-0.1, -0.05) is 12.1 Å². The molecule has 0 radical (unpaired) electrons. The normalized spacial score (nSPS) is 19.7. The van der Waals surface area contributed by atoms with Crippen LogP contribution >= 0.6 is 0 Å². The second-order valence-electron chi connectivity index (χ2n) is 7.08. The van der Waals surface area contributed by atoms with Gasteiger partial charge in [-0.2, -0.15) is 0 Å². The van der Waals surface area contributed by atoms with Crippen LogP contribution in [0.3, 0.4) is 0 Å². The smallest absolute Gasteiger partial charge is 0.141 e. The van der Waals surface area contributed by atoms with Crippen molar-refractivity contribution in [2.24, 2.45) is 0 Å². The number of likely N-dealkylation sites (N-methyl/N-ethyl adjacent to an activating group) is 1. The molecule has 2 aromatic rings. The summed E-state index contributed by atoms with van der Waals surface area (Å²) < 4.78 is 30.4. The van der Waals surface area contributed by atoms with Gasteiger partial charge < -0.3 is 14.7 Å². The van der Waals surface area contributed by atoms with Crippen LogP contribution in [0.25, 0.3) is 0 Å². The van der Waals surface area contributed by atoms with Crippen LogP contribution in [0.5, 0.6) is 5.75 Å². The van der Waals surface area contributed by atoms with E-state index in [1.54, 1.807) is 6.07 Å². The molecule has 1 unspecified atom stereocenters. The molecule has 27 heavy (non-hydrogen) atoms. The maximum Gasteiger partial charge on any atom is 0.141 e. The molecule has 1 fully saturated rings. The fraction of sp³-hybridized carbons (Fsp3) is 0.450. The van der Waals surface area contributed by atoms with Crippen molar-refractivity contribution in [3.05, 3.63) is 54.0 Å². The number of hydrogen-bond acceptors (Lipinski definition) is 5. The second kappa shape index (κ2) is 8.63. The number of nitrogens with zero attached hydrogens (tertiary/aromatic N) is 3. The quantitative estimate of drug-likeness (QED) is 0.767. The number of β-amino-alcohol motifs (C(OH)–C–C–N with tert-alkyl or cyclic N) is 1. The monoisotopic (exact) mass is 377 g/mol. The van der Waals surface area contributed by atoms with Crippen molar-refractivity contribution in [3.8, 4) is 5.75 Å². The fourth-order valence-corrected chi connectivity index (χ4v) is 3.45. The zero-order valence-electron chi connectivity index (χ0n) is 15.4. The standard InChI is InChI=1S/C20H25F2N3O2/c1-24(13-16-2-5-18(6-3-16)27-11-9-21)14-20(26)8-10-25(15-20)19-7-4-17(22)12-23-19/h2-7,12,26H,8-11,13-15H2,1H3. The van der Waals surface area contributed by atoms with Crippen molar-refractivity contribution < 1.29 is 18.6 Å². The molecule has 146 valence electrons. The van der Waals surface area contributed by atoms with E-state index >= 15 is 0 Å². The topological polar surface area (TPSA) is 48.8 Å². The molecular weight excluding hydrogens is 352 g/mol. The average molecular weight is 377 g/mol. The van der Waals surface area contributed by atoms with Crippen molar-refractivity contribution in [2.75, 3.05) is 44.9 Å². The van der Waals surface area contributed by atoms with Gasteiger partial charge in [0.25, 0.3) is 0 Å². The van der Waals surface area contributed by atoms with Crippen LogP contribution in [0, 0.1) is 5.82 Å². The Morgan fingerprint density at radius 2 is 2.04 bits per heavy atom. The molecule has 1 aromatic heterocycles. The highest BCUT2D eigenvalue weighted by molar-refractivity contribution is 5.40. The molecule has 5 nitrogen and oxygen atoms in total. The van der Waals surface area contributed by atoms with Crippen molar-refractivity contribution in [2.45, 2.75) is 18.6 Å². The third-order valence-electron chi connectivity index (χ3n) is 4.65. The number of aliphatic hydroxyl groups is 1. The number of ether oxygens (including phenoxy) is 1. The molecule has 1 aliphatic heterocycles. The van der Waals surface area contributed by atoms with Crippen LogP contribution in [-0.2, 0) is 6.54 Å². The summed E-state index contributed by atoms with van der Waals surface area (Å²) in [5, 5.41) is 10.9. The van der Waals surface area contributed by atoms with Gasteiger partial charge in [-0.3, -0.25) is 4.90 Å². The van der Waals surface area contributed by atoms with E-state index < -0.39 is 12.3 Å². The summed E-state index contributed by atoms with van der Waals surface area (Å²) in [5.74, 6) is 0.962. The number of benzene rings is 1. The van der Waals surface area contributed by atoms with Gasteiger partial charge in [-0.15, -0.1) is 0 Å². The Morgan fingerprint density at radius 3 is 2.70 bits per heavy atom. The Balaban J connectivity index is 1.52. The summed E-state index contributed by atoms with van der Waals surface area (Å²) >= 11 is 0. The van der Waals surface area contributed by atoms with E-state index in [0.717, 1.165) is 5.56 Å². The Morgan fingerprint density at radius 1 is 1.26 bits per heavy atom.